The first-order valence-electron chi connectivity index (χ1n) is 5.25. The Bertz CT molecular complexity index is 513. The molecule has 1 aliphatic rings. The molecule has 1 amide bonds. The molecule has 3 rings (SSSR count). The van der Waals surface area contributed by atoms with Crippen molar-refractivity contribution >= 4 is 17.0 Å². The van der Waals surface area contributed by atoms with Crippen LogP contribution in [0.5, 0.6) is 0 Å². The van der Waals surface area contributed by atoms with E-state index < -0.39 is 6.09 Å². The monoisotopic (exact) mass is 218 g/mol. The normalized spacial score (nSPS) is 13.0. The molecule has 1 heterocycles. The number of nitrogens with two attached hydrogens (primary N) is 1. The molecule has 84 valence electrons. The third-order valence-electron chi connectivity index (χ3n) is 2.76. The second kappa shape index (κ2) is 4.26. The highest BCUT2D eigenvalue weighted by Gasteiger charge is 2.15. The third kappa shape index (κ3) is 2.00. The summed E-state index contributed by atoms with van der Waals surface area (Å²) >= 11 is 0. The first kappa shape index (κ1) is 10.5. The maximum atomic E-state index is 8.78. The number of carbonyl (C=O) groups is 1. The molecular weight excluding hydrogens is 204 g/mol. The van der Waals surface area contributed by atoms with Gasteiger partial charge in [-0.2, -0.15) is 0 Å². The van der Waals surface area contributed by atoms with E-state index in [0.29, 0.717) is 0 Å². The van der Waals surface area contributed by atoms with Gasteiger partial charge in [0.1, 0.15) is 0 Å². The van der Waals surface area contributed by atoms with Gasteiger partial charge in [-0.3, -0.25) is 0 Å². The predicted molar refractivity (Wildman–Crippen MR) is 62.5 cm³/mol. The average Bonchev–Trinajstić information content (AvgIpc) is 2.75. The van der Waals surface area contributed by atoms with E-state index in [1.54, 1.807) is 5.56 Å². The van der Waals surface area contributed by atoms with Gasteiger partial charge in [0.05, 0.1) is 0 Å². The highest BCUT2D eigenvalue weighted by Crippen LogP contribution is 2.29. The van der Waals surface area contributed by atoms with Crippen LogP contribution in [0.3, 0.4) is 0 Å². The number of carboxylic acid groups (broad SMARTS) is 1. The fourth-order valence-electron chi connectivity index (χ4n) is 2.20. The Kier molecular flexibility index (Phi) is 2.81. The van der Waals surface area contributed by atoms with E-state index in [4.69, 9.17) is 9.90 Å². The number of nitrogens with one attached hydrogen (secondary N) is 1. The average molecular weight is 218 g/mol. The molecule has 0 bridgehead atoms. The summed E-state index contributed by atoms with van der Waals surface area (Å²) in [7, 11) is 0. The summed E-state index contributed by atoms with van der Waals surface area (Å²) in [4.78, 5) is 12.3. The Morgan fingerprint density at radius 3 is 2.75 bits per heavy atom. The van der Waals surface area contributed by atoms with Gasteiger partial charge in [0.15, 0.2) is 0 Å². The number of benzene rings is 1. The lowest BCUT2D eigenvalue weighted by Crippen LogP contribution is -2.03. The Hall–Kier alpha value is -1.97. The molecule has 0 saturated carbocycles. The van der Waals surface area contributed by atoms with E-state index in [-0.39, 0.29) is 0 Å². The highest BCUT2D eigenvalue weighted by molar-refractivity contribution is 5.85. The van der Waals surface area contributed by atoms with Crippen LogP contribution in [0.2, 0.25) is 0 Å². The van der Waals surface area contributed by atoms with Crippen LogP contribution in [0, 0.1) is 0 Å². The lowest BCUT2D eigenvalue weighted by molar-refractivity contribution is 0.205. The lowest BCUT2D eigenvalue weighted by Gasteiger charge is -1.90. The third-order valence-corrected chi connectivity index (χ3v) is 2.76. The molecule has 0 spiro atoms. The van der Waals surface area contributed by atoms with Gasteiger partial charge in [-0.1, -0.05) is 18.2 Å². The molecule has 1 aromatic carbocycles. The van der Waals surface area contributed by atoms with Crippen molar-refractivity contribution in [3.8, 4) is 0 Å². The van der Waals surface area contributed by atoms with Crippen LogP contribution in [-0.4, -0.2) is 16.2 Å². The predicted octanol–water partition coefficient (Wildman–Crippen LogP) is 2.28. The maximum absolute atomic E-state index is 8.78. The molecule has 2 aromatic rings. The molecule has 0 atom stereocenters. The minimum atomic E-state index is -1.33. The number of amides is 1. The zero-order chi connectivity index (χ0) is 11.5. The molecule has 0 saturated heterocycles. The SMILES string of the molecule is NC(=O)O.c1ccc2c3c([nH]c2c1)CCC3. The second-order valence-corrected chi connectivity index (χ2v) is 3.82. The van der Waals surface area contributed by atoms with Crippen LogP contribution in [0.4, 0.5) is 4.79 Å². The van der Waals surface area contributed by atoms with E-state index in [1.165, 1.54) is 35.9 Å². The molecule has 0 radical (unpaired) electrons. The van der Waals surface area contributed by atoms with E-state index in [0.717, 1.165) is 0 Å². The van der Waals surface area contributed by atoms with Crippen molar-refractivity contribution in [3.63, 3.8) is 0 Å². The summed E-state index contributed by atoms with van der Waals surface area (Å²) < 4.78 is 0. The number of aryl methyl sites for hydroxylation is 2. The van der Waals surface area contributed by atoms with Gasteiger partial charge >= 0.3 is 6.09 Å². The first-order chi connectivity index (χ1) is 7.68. The summed E-state index contributed by atoms with van der Waals surface area (Å²) in [5.41, 5.74) is 8.36. The topological polar surface area (TPSA) is 79.1 Å². The maximum Gasteiger partial charge on any atom is 0.402 e. The molecule has 16 heavy (non-hydrogen) atoms. The number of aromatic amines is 1. The highest BCUT2D eigenvalue weighted by atomic mass is 16.4. The molecule has 4 N–H and O–H groups in total. The van der Waals surface area contributed by atoms with Crippen LogP contribution >= 0.6 is 0 Å². The van der Waals surface area contributed by atoms with Crippen molar-refractivity contribution in [2.75, 3.05) is 0 Å². The number of hydrogen-bond acceptors (Lipinski definition) is 1. The lowest BCUT2D eigenvalue weighted by atomic mass is 10.1. The van der Waals surface area contributed by atoms with E-state index in [2.05, 4.69) is 35.0 Å². The Labute approximate surface area is 93.1 Å². The number of primary amides is 1. The van der Waals surface area contributed by atoms with Crippen molar-refractivity contribution in [1.29, 1.82) is 0 Å². The molecule has 1 aromatic heterocycles. The molecular formula is C12H14N2O2. The molecule has 4 heteroatoms. The summed E-state index contributed by atoms with van der Waals surface area (Å²) in [5, 5.41) is 8.63. The number of aromatic nitrogens is 1. The molecule has 1 aliphatic carbocycles. The Morgan fingerprint density at radius 2 is 2.00 bits per heavy atom. The molecule has 0 fully saturated rings. The van der Waals surface area contributed by atoms with E-state index >= 15 is 0 Å². The van der Waals surface area contributed by atoms with Gasteiger partial charge in [-0.25, -0.2) is 4.79 Å². The van der Waals surface area contributed by atoms with Crippen LogP contribution in [0.25, 0.3) is 10.9 Å². The van der Waals surface area contributed by atoms with Crippen molar-refractivity contribution in [1.82, 2.24) is 4.98 Å². The summed E-state index contributed by atoms with van der Waals surface area (Å²) in [5.74, 6) is 0. The smallest absolute Gasteiger partial charge is 0.402 e. The van der Waals surface area contributed by atoms with Gasteiger partial charge in [-0.15, -0.1) is 0 Å². The first-order valence-corrected chi connectivity index (χ1v) is 5.25. The minimum Gasteiger partial charge on any atom is -0.465 e. The Balaban J connectivity index is 0.000000212. The van der Waals surface area contributed by atoms with Gasteiger partial charge in [-0.05, 0) is 30.9 Å². The van der Waals surface area contributed by atoms with Crippen molar-refractivity contribution in [2.24, 2.45) is 5.73 Å². The quantitative estimate of drug-likeness (QED) is 0.634. The van der Waals surface area contributed by atoms with Crippen LogP contribution in [0.15, 0.2) is 24.3 Å². The van der Waals surface area contributed by atoms with E-state index in [1.807, 2.05) is 0 Å². The summed E-state index contributed by atoms with van der Waals surface area (Å²) in [6.45, 7) is 0. The number of H-pyrrole nitrogens is 1. The van der Waals surface area contributed by atoms with Gasteiger partial charge < -0.3 is 15.8 Å². The number of para-hydroxylation sites is 1. The zero-order valence-corrected chi connectivity index (χ0v) is 8.86. The number of hydrogen-bond donors (Lipinski definition) is 3. The summed E-state index contributed by atoms with van der Waals surface area (Å²) in [6.07, 6.45) is 2.50. The fraction of sp³-hybridized carbons (Fsp3) is 0.250. The van der Waals surface area contributed by atoms with Crippen LogP contribution < -0.4 is 5.73 Å². The van der Waals surface area contributed by atoms with Gasteiger partial charge in [0, 0.05) is 16.6 Å². The molecule has 0 aliphatic heterocycles. The van der Waals surface area contributed by atoms with Crippen LogP contribution in [-0.2, 0) is 12.8 Å². The van der Waals surface area contributed by atoms with E-state index in [9.17, 15) is 0 Å². The zero-order valence-electron chi connectivity index (χ0n) is 8.86. The molecule has 0 unspecified atom stereocenters. The molecule has 4 nitrogen and oxygen atoms in total. The van der Waals surface area contributed by atoms with Crippen molar-refractivity contribution < 1.29 is 9.90 Å². The number of fused-ring (bicyclic) bond motifs is 3. The van der Waals surface area contributed by atoms with Crippen LogP contribution in [0.1, 0.15) is 17.7 Å². The number of rotatable bonds is 0. The second-order valence-electron chi connectivity index (χ2n) is 3.82. The van der Waals surface area contributed by atoms with Crippen molar-refractivity contribution in [3.05, 3.63) is 35.5 Å². The largest absolute Gasteiger partial charge is 0.465 e. The Morgan fingerprint density at radius 1 is 1.31 bits per heavy atom. The van der Waals surface area contributed by atoms with Gasteiger partial charge in [0.2, 0.25) is 0 Å². The summed E-state index contributed by atoms with van der Waals surface area (Å²) in [6, 6.07) is 8.59. The minimum absolute atomic E-state index is 1.24. The standard InChI is InChI=1S/C11H11N.CH3NO2/c1-2-6-10-8(4-1)9-5-3-7-11(9)12-10;2-1(3)4/h1-2,4,6,12H,3,5,7H2;2H2,(H,3,4). The fourth-order valence-corrected chi connectivity index (χ4v) is 2.20. The van der Waals surface area contributed by atoms with Gasteiger partial charge in [0.25, 0.3) is 0 Å². The van der Waals surface area contributed by atoms with Crippen molar-refractivity contribution in [2.45, 2.75) is 19.3 Å².